The second-order valence-corrected chi connectivity index (χ2v) is 10.6. The Bertz CT molecular complexity index is 1250. The number of nitrogens with one attached hydrogen (secondary N) is 1. The van der Waals surface area contributed by atoms with Crippen LogP contribution in [0.15, 0.2) is 42.5 Å². The van der Waals surface area contributed by atoms with E-state index in [0.717, 1.165) is 31.9 Å². The minimum absolute atomic E-state index is 0.0453. The van der Waals surface area contributed by atoms with Crippen LogP contribution in [0, 0.1) is 17.3 Å². The fourth-order valence-corrected chi connectivity index (χ4v) is 5.22. The van der Waals surface area contributed by atoms with Crippen molar-refractivity contribution in [3.05, 3.63) is 64.2 Å². The molecule has 0 spiro atoms. The Morgan fingerprint density at radius 3 is 2.48 bits per heavy atom. The van der Waals surface area contributed by atoms with Gasteiger partial charge in [-0.1, -0.05) is 30.2 Å². The molecular weight excluding hydrogens is 432 g/mol. The van der Waals surface area contributed by atoms with Crippen molar-refractivity contribution in [3.63, 3.8) is 0 Å². The van der Waals surface area contributed by atoms with Crippen molar-refractivity contribution in [2.24, 2.45) is 5.41 Å². The lowest BCUT2D eigenvalue weighted by Gasteiger charge is -2.28. The Kier molecular flexibility index (Phi) is 6.27. The highest BCUT2D eigenvalue weighted by molar-refractivity contribution is 7.18. The van der Waals surface area contributed by atoms with Gasteiger partial charge < -0.3 is 10.1 Å². The topological polar surface area (TPSA) is 68.3 Å². The van der Waals surface area contributed by atoms with Crippen LogP contribution < -0.4 is 5.32 Å². The normalized spacial score (nSPS) is 14.3. The highest BCUT2D eigenvalue weighted by atomic mass is 32.1. The second kappa shape index (κ2) is 8.99. The lowest BCUT2D eigenvalue weighted by molar-refractivity contribution is -0.160. The fourth-order valence-electron chi connectivity index (χ4n) is 4.33. The van der Waals surface area contributed by atoms with E-state index < -0.39 is 11.0 Å². The van der Waals surface area contributed by atoms with Gasteiger partial charge in [0, 0.05) is 5.56 Å². The molecule has 1 amide bonds. The number of rotatable bonds is 5. The quantitative estimate of drug-likeness (QED) is 0.439. The molecule has 1 N–H and O–H groups in total. The van der Waals surface area contributed by atoms with Crippen molar-refractivity contribution >= 4 is 33.4 Å². The molecule has 170 valence electrons. The Balaban J connectivity index is 1.52. The van der Waals surface area contributed by atoms with Crippen molar-refractivity contribution in [2.45, 2.75) is 59.1 Å². The van der Waals surface area contributed by atoms with Gasteiger partial charge in [-0.3, -0.25) is 9.59 Å². The lowest BCUT2D eigenvalue weighted by Crippen LogP contribution is -2.44. The molecule has 0 saturated carbocycles. The van der Waals surface area contributed by atoms with E-state index in [9.17, 15) is 9.59 Å². The molecular formula is C27H28N2O3S. The lowest BCUT2D eigenvalue weighted by atomic mass is 9.80. The number of ether oxygens (including phenoxy) is 1. The Morgan fingerprint density at radius 2 is 1.85 bits per heavy atom. The zero-order chi connectivity index (χ0) is 23.6. The smallest absolute Gasteiger partial charge is 0.307 e. The average molecular weight is 461 g/mol. The van der Waals surface area contributed by atoms with Gasteiger partial charge in [-0.05, 0) is 69.9 Å². The number of esters is 1. The van der Waals surface area contributed by atoms with Gasteiger partial charge in [-0.15, -0.1) is 17.3 Å². The average Bonchev–Trinajstić information content (AvgIpc) is 3.31. The van der Waals surface area contributed by atoms with Gasteiger partial charge in [0.2, 0.25) is 5.91 Å². The molecule has 0 aliphatic heterocycles. The van der Waals surface area contributed by atoms with Gasteiger partial charge in [-0.2, -0.15) is 0 Å². The number of aromatic nitrogens is 1. The summed E-state index contributed by atoms with van der Waals surface area (Å²) in [4.78, 5) is 30.9. The minimum Gasteiger partial charge on any atom is -0.460 e. The summed E-state index contributed by atoms with van der Waals surface area (Å²) in [6.45, 7) is 7.64. The summed E-state index contributed by atoms with van der Waals surface area (Å²) in [5, 5.41) is 3.88. The molecule has 0 saturated heterocycles. The molecule has 1 heterocycles. The van der Waals surface area contributed by atoms with Crippen LogP contribution in [-0.4, -0.2) is 22.5 Å². The molecule has 5 nitrogen and oxygen atoms in total. The number of carbonyl (C=O) groups is 2. The molecule has 0 unspecified atom stereocenters. The summed E-state index contributed by atoms with van der Waals surface area (Å²) in [5.74, 6) is 5.45. The Labute approximate surface area is 198 Å². The zero-order valence-electron chi connectivity index (χ0n) is 19.5. The van der Waals surface area contributed by atoms with Gasteiger partial charge in [-0.25, -0.2) is 4.98 Å². The van der Waals surface area contributed by atoms with Gasteiger partial charge in [0.25, 0.3) is 0 Å². The molecule has 6 heteroatoms. The third kappa shape index (κ3) is 5.26. The highest BCUT2D eigenvalue weighted by Gasteiger charge is 2.46. The van der Waals surface area contributed by atoms with E-state index in [0.29, 0.717) is 19.4 Å². The summed E-state index contributed by atoms with van der Waals surface area (Å²) in [7, 11) is 0. The number of benzene rings is 2. The van der Waals surface area contributed by atoms with E-state index in [1.165, 1.54) is 0 Å². The van der Waals surface area contributed by atoms with Crippen LogP contribution in [0.1, 0.15) is 55.8 Å². The first kappa shape index (κ1) is 23.0. The molecule has 1 aliphatic rings. The molecule has 1 aliphatic carbocycles. The van der Waals surface area contributed by atoms with Gasteiger partial charge in [0.05, 0.1) is 28.6 Å². The zero-order valence-corrected chi connectivity index (χ0v) is 20.3. The third-order valence-corrected chi connectivity index (χ3v) is 6.70. The van der Waals surface area contributed by atoms with Crippen LogP contribution in [0.25, 0.3) is 10.2 Å². The summed E-state index contributed by atoms with van der Waals surface area (Å²) in [5.41, 5.74) is 2.57. The van der Waals surface area contributed by atoms with Crippen molar-refractivity contribution in [3.8, 4) is 11.8 Å². The maximum Gasteiger partial charge on any atom is 0.307 e. The highest BCUT2D eigenvalue weighted by Crippen LogP contribution is 2.41. The maximum absolute atomic E-state index is 13.5. The number of amides is 1. The van der Waals surface area contributed by atoms with Crippen LogP contribution in [0.4, 0.5) is 0 Å². The van der Waals surface area contributed by atoms with E-state index >= 15 is 0 Å². The molecule has 4 rings (SSSR count). The summed E-state index contributed by atoms with van der Waals surface area (Å²) >= 11 is 1.55. The SMILES string of the molecule is CC#Cc1ccc2sc(CNC(=O)C3(CC(=O)OC(C)(C)C)Cc4ccccc4C3)nc2c1. The van der Waals surface area contributed by atoms with Crippen molar-refractivity contribution < 1.29 is 14.3 Å². The Morgan fingerprint density at radius 1 is 1.15 bits per heavy atom. The van der Waals surface area contributed by atoms with Crippen molar-refractivity contribution in [1.29, 1.82) is 0 Å². The monoisotopic (exact) mass is 460 g/mol. The molecule has 0 radical (unpaired) electrons. The second-order valence-electron chi connectivity index (χ2n) is 9.51. The minimum atomic E-state index is -0.855. The summed E-state index contributed by atoms with van der Waals surface area (Å²) in [6.07, 6.45) is 1.09. The fraction of sp³-hybridized carbons (Fsp3) is 0.370. The van der Waals surface area contributed by atoms with Crippen molar-refractivity contribution in [2.75, 3.05) is 0 Å². The van der Waals surface area contributed by atoms with Crippen LogP contribution >= 0.6 is 11.3 Å². The van der Waals surface area contributed by atoms with Crippen molar-refractivity contribution in [1.82, 2.24) is 10.3 Å². The predicted octanol–water partition coefficient (Wildman–Crippen LogP) is 4.80. The number of carbonyl (C=O) groups excluding carboxylic acids is 2. The number of hydrogen-bond acceptors (Lipinski definition) is 5. The molecule has 0 bridgehead atoms. The summed E-state index contributed by atoms with van der Waals surface area (Å²) < 4.78 is 6.62. The number of thiazole rings is 1. The number of hydrogen-bond donors (Lipinski definition) is 1. The Hall–Kier alpha value is -3.17. The number of fused-ring (bicyclic) bond motifs is 2. The largest absolute Gasteiger partial charge is 0.460 e. The molecule has 0 atom stereocenters. The summed E-state index contributed by atoms with van der Waals surface area (Å²) in [6, 6.07) is 14.0. The first-order chi connectivity index (χ1) is 15.7. The van der Waals surface area contributed by atoms with E-state index in [2.05, 4.69) is 22.1 Å². The van der Waals surface area contributed by atoms with Gasteiger partial charge in [0.15, 0.2) is 0 Å². The standard InChI is InChI=1S/C27H28N2O3S/c1-5-8-18-11-12-22-21(13-18)29-23(33-22)17-28-25(31)27(16-24(30)32-26(2,3)4)14-19-9-6-7-10-20(19)15-27/h6-7,9-13H,14-17H2,1-4H3,(H,28,31). The van der Waals surface area contributed by atoms with E-state index in [4.69, 9.17) is 4.74 Å². The number of nitrogens with zero attached hydrogens (tertiary/aromatic N) is 1. The van der Waals surface area contributed by atoms with Crippen LogP contribution in [0.2, 0.25) is 0 Å². The van der Waals surface area contributed by atoms with Crippen LogP contribution in [0.5, 0.6) is 0 Å². The maximum atomic E-state index is 13.5. The van der Waals surface area contributed by atoms with Gasteiger partial charge in [0.1, 0.15) is 10.6 Å². The molecule has 33 heavy (non-hydrogen) atoms. The molecule has 0 fully saturated rings. The predicted molar refractivity (Wildman–Crippen MR) is 131 cm³/mol. The van der Waals surface area contributed by atoms with E-state index in [-0.39, 0.29) is 18.3 Å². The van der Waals surface area contributed by atoms with Gasteiger partial charge >= 0.3 is 5.97 Å². The molecule has 3 aromatic rings. The first-order valence-electron chi connectivity index (χ1n) is 11.1. The first-order valence-corrected chi connectivity index (χ1v) is 11.9. The van der Waals surface area contributed by atoms with Crippen LogP contribution in [-0.2, 0) is 33.7 Å². The molecule has 1 aromatic heterocycles. The molecule has 2 aromatic carbocycles. The third-order valence-electron chi connectivity index (χ3n) is 5.66. The van der Waals surface area contributed by atoms with E-state index in [1.807, 2.05) is 63.2 Å². The van der Waals surface area contributed by atoms with E-state index in [1.54, 1.807) is 18.3 Å². The van der Waals surface area contributed by atoms with Crippen LogP contribution in [0.3, 0.4) is 0 Å².